The predicted octanol–water partition coefficient (Wildman–Crippen LogP) is 3.57. The minimum absolute atomic E-state index is 0.264. The van der Waals surface area contributed by atoms with Gasteiger partial charge in [-0.15, -0.1) is 0 Å². The van der Waals surface area contributed by atoms with Crippen molar-refractivity contribution in [2.24, 2.45) is 0 Å². The highest BCUT2D eigenvalue weighted by Gasteiger charge is 2.27. The first kappa shape index (κ1) is 18.5. The Hall–Kier alpha value is -3.51. The van der Waals surface area contributed by atoms with Crippen molar-refractivity contribution < 1.29 is 0 Å². The monoisotopic (exact) mass is 396 g/mol. The van der Waals surface area contributed by atoms with E-state index in [4.69, 9.17) is 0 Å². The molecule has 0 bridgehead atoms. The first-order valence-electron chi connectivity index (χ1n) is 10.3. The third kappa shape index (κ3) is 3.82. The van der Waals surface area contributed by atoms with Crippen LogP contribution in [0.5, 0.6) is 0 Å². The molecule has 0 amide bonds. The Balaban J connectivity index is 1.35. The van der Waals surface area contributed by atoms with E-state index in [0.717, 1.165) is 37.8 Å². The van der Waals surface area contributed by atoms with Gasteiger partial charge in [0, 0.05) is 44.6 Å². The minimum atomic E-state index is 0.264. The fourth-order valence-electron chi connectivity index (χ4n) is 4.13. The van der Waals surface area contributed by atoms with Crippen LogP contribution in [0.15, 0.2) is 91.5 Å². The number of piperazine rings is 1. The van der Waals surface area contributed by atoms with Crippen molar-refractivity contribution in [1.82, 2.24) is 24.6 Å². The van der Waals surface area contributed by atoms with Crippen LogP contribution in [0, 0.1) is 0 Å². The molecular weight excluding hydrogens is 372 g/mol. The van der Waals surface area contributed by atoms with Gasteiger partial charge >= 0.3 is 0 Å². The molecule has 6 heteroatoms. The van der Waals surface area contributed by atoms with Crippen molar-refractivity contribution in [2.75, 3.05) is 31.1 Å². The lowest BCUT2D eigenvalue weighted by molar-refractivity contribution is 0.212. The van der Waals surface area contributed by atoms with Gasteiger partial charge in [-0.2, -0.15) is 5.10 Å². The Labute approximate surface area is 176 Å². The summed E-state index contributed by atoms with van der Waals surface area (Å²) in [6, 6.07) is 25.7. The largest absolute Gasteiger partial charge is 0.354 e. The number of hydrogen-bond donors (Lipinski definition) is 0. The number of rotatable bonds is 5. The number of hydrogen-bond acceptors (Lipinski definition) is 5. The molecule has 150 valence electrons. The normalized spacial score (nSPS) is 14.9. The van der Waals surface area contributed by atoms with Gasteiger partial charge < -0.3 is 4.90 Å². The van der Waals surface area contributed by atoms with Crippen LogP contribution in [0.1, 0.15) is 17.2 Å². The number of benzene rings is 2. The molecule has 5 rings (SSSR count). The van der Waals surface area contributed by atoms with Crippen LogP contribution in [-0.4, -0.2) is 50.8 Å². The van der Waals surface area contributed by atoms with E-state index in [1.54, 1.807) is 17.2 Å². The Morgan fingerprint density at radius 1 is 0.700 bits per heavy atom. The van der Waals surface area contributed by atoms with Gasteiger partial charge in [-0.1, -0.05) is 60.7 Å². The Morgan fingerprint density at radius 2 is 1.33 bits per heavy atom. The highest BCUT2D eigenvalue weighted by Crippen LogP contribution is 2.30. The zero-order valence-electron chi connectivity index (χ0n) is 16.7. The zero-order valence-corrected chi connectivity index (χ0v) is 16.7. The molecule has 0 saturated carbocycles. The molecule has 2 aromatic carbocycles. The van der Waals surface area contributed by atoms with E-state index in [-0.39, 0.29) is 6.04 Å². The Morgan fingerprint density at radius 3 is 1.93 bits per heavy atom. The summed E-state index contributed by atoms with van der Waals surface area (Å²) in [7, 11) is 0. The van der Waals surface area contributed by atoms with Gasteiger partial charge in [0.2, 0.25) is 0 Å². The molecule has 0 spiro atoms. The van der Waals surface area contributed by atoms with Gasteiger partial charge in [0.15, 0.2) is 5.82 Å². The minimum Gasteiger partial charge on any atom is -0.354 e. The van der Waals surface area contributed by atoms with E-state index < -0.39 is 0 Å². The second kappa shape index (κ2) is 8.47. The van der Waals surface area contributed by atoms with Crippen LogP contribution in [0.25, 0.3) is 5.82 Å². The number of aromatic nitrogens is 4. The first-order valence-corrected chi connectivity index (χ1v) is 10.3. The summed E-state index contributed by atoms with van der Waals surface area (Å²) in [6.45, 7) is 3.78. The molecular formula is C24H24N6. The molecule has 0 aliphatic carbocycles. The highest BCUT2D eigenvalue weighted by atomic mass is 15.3. The fourth-order valence-corrected chi connectivity index (χ4v) is 4.13. The maximum absolute atomic E-state index is 4.51. The van der Waals surface area contributed by atoms with Gasteiger partial charge in [0.25, 0.3) is 0 Å². The third-order valence-electron chi connectivity index (χ3n) is 5.61. The summed E-state index contributed by atoms with van der Waals surface area (Å²) >= 11 is 0. The van der Waals surface area contributed by atoms with E-state index in [2.05, 4.69) is 85.5 Å². The quantitative estimate of drug-likeness (QED) is 0.516. The van der Waals surface area contributed by atoms with Crippen molar-refractivity contribution >= 4 is 5.82 Å². The molecule has 0 atom stereocenters. The molecule has 4 aromatic rings. The molecule has 2 aromatic heterocycles. The topological polar surface area (TPSA) is 50.1 Å². The van der Waals surface area contributed by atoms with Gasteiger partial charge in [-0.3, -0.25) is 4.90 Å². The standard InChI is InChI=1S/C24H24N6/c1-3-8-20(9-4-1)24(21-10-5-2-6-11-21)29-16-14-28(15-17-29)22-18-23(26-19-25-22)30-13-7-12-27-30/h1-13,18-19,24H,14-17H2. The lowest BCUT2D eigenvalue weighted by atomic mass is 9.96. The molecule has 0 radical (unpaired) electrons. The van der Waals surface area contributed by atoms with Crippen LogP contribution in [0.3, 0.4) is 0 Å². The van der Waals surface area contributed by atoms with E-state index in [0.29, 0.717) is 0 Å². The molecule has 1 fully saturated rings. The average molecular weight is 396 g/mol. The lowest BCUT2D eigenvalue weighted by Crippen LogP contribution is -2.48. The van der Waals surface area contributed by atoms with Crippen LogP contribution >= 0.6 is 0 Å². The second-order valence-corrected chi connectivity index (χ2v) is 7.43. The van der Waals surface area contributed by atoms with Crippen LogP contribution < -0.4 is 4.90 Å². The van der Waals surface area contributed by atoms with Crippen molar-refractivity contribution in [2.45, 2.75) is 6.04 Å². The summed E-state index contributed by atoms with van der Waals surface area (Å²) in [5.74, 6) is 1.74. The van der Waals surface area contributed by atoms with E-state index in [9.17, 15) is 0 Å². The molecule has 3 heterocycles. The van der Waals surface area contributed by atoms with Crippen LogP contribution in [0.4, 0.5) is 5.82 Å². The van der Waals surface area contributed by atoms with Gasteiger partial charge in [0.1, 0.15) is 12.1 Å². The molecule has 30 heavy (non-hydrogen) atoms. The van der Waals surface area contributed by atoms with Crippen molar-refractivity contribution in [3.63, 3.8) is 0 Å². The Kier molecular flexibility index (Phi) is 5.23. The van der Waals surface area contributed by atoms with Gasteiger partial charge in [-0.05, 0) is 17.2 Å². The van der Waals surface area contributed by atoms with Crippen LogP contribution in [0.2, 0.25) is 0 Å². The van der Waals surface area contributed by atoms with E-state index in [1.807, 2.05) is 18.3 Å². The van der Waals surface area contributed by atoms with Crippen molar-refractivity contribution in [1.29, 1.82) is 0 Å². The first-order chi connectivity index (χ1) is 14.9. The maximum Gasteiger partial charge on any atom is 0.158 e. The smallest absolute Gasteiger partial charge is 0.158 e. The molecule has 1 aliphatic rings. The highest BCUT2D eigenvalue weighted by molar-refractivity contribution is 5.44. The molecule has 1 saturated heterocycles. The summed E-state index contributed by atoms with van der Waals surface area (Å²) < 4.78 is 1.77. The molecule has 0 N–H and O–H groups in total. The van der Waals surface area contributed by atoms with E-state index in [1.165, 1.54) is 11.1 Å². The summed E-state index contributed by atoms with van der Waals surface area (Å²) in [4.78, 5) is 13.8. The summed E-state index contributed by atoms with van der Waals surface area (Å²) in [5.41, 5.74) is 2.67. The second-order valence-electron chi connectivity index (χ2n) is 7.43. The maximum atomic E-state index is 4.51. The summed E-state index contributed by atoms with van der Waals surface area (Å²) in [6.07, 6.45) is 5.28. The van der Waals surface area contributed by atoms with Gasteiger partial charge in [0.05, 0.1) is 6.04 Å². The Bertz CT molecular complexity index is 1020. The SMILES string of the molecule is c1ccc(C(c2ccccc2)N2CCN(c3cc(-n4cccn4)ncn3)CC2)cc1. The van der Waals surface area contributed by atoms with Crippen molar-refractivity contribution in [3.8, 4) is 5.82 Å². The molecule has 0 unspecified atom stereocenters. The predicted molar refractivity (Wildman–Crippen MR) is 118 cm³/mol. The number of anilines is 1. The van der Waals surface area contributed by atoms with Crippen molar-refractivity contribution in [3.05, 3.63) is 103 Å². The zero-order chi connectivity index (χ0) is 20.2. The average Bonchev–Trinajstić information content (AvgIpc) is 3.37. The summed E-state index contributed by atoms with van der Waals surface area (Å²) in [5, 5.41) is 4.27. The third-order valence-corrected chi connectivity index (χ3v) is 5.61. The van der Waals surface area contributed by atoms with Crippen LogP contribution in [-0.2, 0) is 0 Å². The molecule has 1 aliphatic heterocycles. The van der Waals surface area contributed by atoms with Gasteiger partial charge in [-0.25, -0.2) is 14.6 Å². The fraction of sp³-hybridized carbons (Fsp3) is 0.208. The molecule has 6 nitrogen and oxygen atoms in total. The van der Waals surface area contributed by atoms with E-state index >= 15 is 0 Å². The lowest BCUT2D eigenvalue weighted by Gasteiger charge is -2.40. The number of nitrogens with zero attached hydrogens (tertiary/aromatic N) is 6.